The van der Waals surface area contributed by atoms with Crippen LogP contribution in [0.25, 0.3) is 0 Å². The molecule has 0 saturated heterocycles. The molecule has 0 aliphatic heterocycles. The van der Waals surface area contributed by atoms with Gasteiger partial charge in [0.05, 0.1) is 14.2 Å². The number of nitrogens with zero attached hydrogens (tertiary/aromatic N) is 1. The molecular weight excluding hydrogens is 234 g/mol. The van der Waals surface area contributed by atoms with Gasteiger partial charge in [-0.15, -0.1) is 0 Å². The molecule has 0 saturated carbocycles. The first kappa shape index (κ1) is 20.6. The van der Waals surface area contributed by atoms with Crippen molar-refractivity contribution >= 4 is 23.0 Å². The molecule has 0 aromatic carbocycles. The minimum absolute atomic E-state index is 0.167. The van der Waals surface area contributed by atoms with E-state index in [0.29, 0.717) is 0 Å². The van der Waals surface area contributed by atoms with Gasteiger partial charge >= 0.3 is 5.97 Å². The van der Waals surface area contributed by atoms with Crippen molar-refractivity contribution in [3.05, 3.63) is 0 Å². The molecule has 98 valence electrons. The minimum Gasteiger partial charge on any atom is -0.469 e. The summed E-state index contributed by atoms with van der Waals surface area (Å²) in [5.41, 5.74) is 0. The van der Waals surface area contributed by atoms with Crippen molar-refractivity contribution in [2.75, 3.05) is 28.3 Å². The van der Waals surface area contributed by atoms with Crippen molar-refractivity contribution < 1.29 is 22.7 Å². The van der Waals surface area contributed by atoms with Gasteiger partial charge in [0.2, 0.25) is 11.3 Å². The Kier molecular flexibility index (Phi) is 18.3. The zero-order valence-electron chi connectivity index (χ0n) is 10.9. The summed E-state index contributed by atoms with van der Waals surface area (Å²) in [5.74, 6) is -0.0787. The number of hydrogen-bond acceptors (Lipinski definition) is 5. The zero-order chi connectivity index (χ0) is 13.7. The Hall–Kier alpha value is -0.790. The molecule has 1 unspecified atom stereocenters. The maximum atomic E-state index is 10.3. The highest BCUT2D eigenvalue weighted by molar-refractivity contribution is 7.77. The molecule has 0 radical (unpaired) electrons. The second-order valence-corrected chi connectivity index (χ2v) is 4.30. The molecule has 0 fully saturated rings. The second kappa shape index (κ2) is 14.2. The Bertz CT molecular complexity index is 214. The van der Waals surface area contributed by atoms with E-state index in [1.165, 1.54) is 39.3 Å². The first-order valence-corrected chi connectivity index (χ1v) is 5.37. The van der Waals surface area contributed by atoms with E-state index in [4.69, 9.17) is 0 Å². The molecule has 1 atom stereocenters. The molecule has 7 heteroatoms. The number of carbonyl (C=O) groups excluding carboxylic acids is 2. The highest BCUT2D eigenvalue weighted by atomic mass is 32.2. The Morgan fingerprint density at radius 3 is 1.31 bits per heavy atom. The van der Waals surface area contributed by atoms with Crippen LogP contribution in [0.5, 0.6) is 0 Å². The largest absolute Gasteiger partial charge is 0.469 e. The van der Waals surface area contributed by atoms with Gasteiger partial charge in [-0.1, -0.05) is 0 Å². The Labute approximate surface area is 99.7 Å². The summed E-state index contributed by atoms with van der Waals surface area (Å²) in [4.78, 5) is 19.0. The van der Waals surface area contributed by atoms with Crippen molar-refractivity contribution in [3.63, 3.8) is 0 Å². The van der Waals surface area contributed by atoms with E-state index in [1.807, 2.05) is 0 Å². The molecule has 0 bridgehead atoms. The monoisotopic (exact) mass is 255 g/mol. The van der Waals surface area contributed by atoms with Gasteiger partial charge in [-0.2, -0.15) is 0 Å². The van der Waals surface area contributed by atoms with E-state index in [-0.39, 0.29) is 11.8 Å². The fraction of sp³-hybridized carbons (Fsp3) is 0.778. The van der Waals surface area contributed by atoms with Crippen LogP contribution in [0.3, 0.4) is 0 Å². The van der Waals surface area contributed by atoms with Crippen LogP contribution < -0.4 is 0 Å². The molecule has 6 nitrogen and oxygen atoms in total. The van der Waals surface area contributed by atoms with Crippen LogP contribution in [-0.2, 0) is 29.8 Å². The molecule has 0 aromatic heterocycles. The summed E-state index contributed by atoms with van der Waals surface area (Å²) < 4.78 is 20.3. The normalized spacial score (nSPS) is 10.2. The van der Waals surface area contributed by atoms with E-state index >= 15 is 0 Å². The number of hydrogen-bond donors (Lipinski definition) is 0. The van der Waals surface area contributed by atoms with Crippen molar-refractivity contribution in [1.82, 2.24) is 4.31 Å². The molecule has 0 aliphatic rings. The molecule has 0 amide bonds. The molecular formula is C9H21NO5S. The van der Waals surface area contributed by atoms with E-state index in [9.17, 15) is 13.8 Å². The molecule has 0 spiro atoms. The number of Topliss-reactive ketones (excluding diaryl/α,β-unsaturated/α-hetero) is 1. The summed E-state index contributed by atoms with van der Waals surface area (Å²) in [5, 5.41) is 0. The van der Waals surface area contributed by atoms with Gasteiger partial charge in [0, 0.05) is 21.0 Å². The highest BCUT2D eigenvalue weighted by Crippen LogP contribution is 1.82. The summed E-state index contributed by atoms with van der Waals surface area (Å²) in [6.07, 6.45) is 0. The first-order chi connectivity index (χ1) is 7.18. The van der Waals surface area contributed by atoms with E-state index in [2.05, 4.69) is 8.92 Å². The smallest absolute Gasteiger partial charge is 0.302 e. The van der Waals surface area contributed by atoms with Crippen LogP contribution in [0.4, 0.5) is 0 Å². The summed E-state index contributed by atoms with van der Waals surface area (Å²) in [7, 11) is 6.11. The topological polar surface area (TPSA) is 72.9 Å². The highest BCUT2D eigenvalue weighted by Gasteiger charge is 1.95. The fourth-order valence-electron chi connectivity index (χ4n) is 0.149. The summed E-state index contributed by atoms with van der Waals surface area (Å²) in [6, 6.07) is 0. The number of methoxy groups -OCH3 is 1. The number of esters is 1. The fourth-order valence-corrected chi connectivity index (χ4v) is 0.447. The molecule has 16 heavy (non-hydrogen) atoms. The SMILES string of the molecule is CC(C)=O.COC(C)=O.COS(=O)N(C)C. The standard InChI is InChI=1S/C3H9NO2S.C3H6O2.C3H6O/c1-4(2)7(5)6-3;1-3(4)5-2;1-3(2)4/h1-3H3;1-2H3;1-2H3. The number of ether oxygens (including phenoxy) is 1. The molecule has 0 rings (SSSR count). The van der Waals surface area contributed by atoms with E-state index < -0.39 is 11.3 Å². The molecule has 0 aromatic rings. The lowest BCUT2D eigenvalue weighted by Gasteiger charge is -2.03. The second-order valence-electron chi connectivity index (χ2n) is 2.80. The van der Waals surface area contributed by atoms with Crippen LogP contribution in [0.1, 0.15) is 20.8 Å². The van der Waals surface area contributed by atoms with Gasteiger partial charge in [0.1, 0.15) is 5.78 Å². The molecule has 0 N–H and O–H groups in total. The Morgan fingerprint density at radius 2 is 1.31 bits per heavy atom. The molecule has 0 heterocycles. The van der Waals surface area contributed by atoms with Gasteiger partial charge < -0.3 is 9.53 Å². The molecule has 0 aliphatic carbocycles. The summed E-state index contributed by atoms with van der Waals surface area (Å²) >= 11 is -1.25. The van der Waals surface area contributed by atoms with E-state index in [0.717, 1.165) is 0 Å². The van der Waals surface area contributed by atoms with E-state index in [1.54, 1.807) is 14.1 Å². The van der Waals surface area contributed by atoms with Crippen LogP contribution in [-0.4, -0.2) is 48.6 Å². The average molecular weight is 255 g/mol. The third-order valence-electron chi connectivity index (χ3n) is 0.728. The zero-order valence-corrected chi connectivity index (χ0v) is 11.7. The number of rotatable bonds is 2. The van der Waals surface area contributed by atoms with Crippen molar-refractivity contribution in [3.8, 4) is 0 Å². The van der Waals surface area contributed by atoms with Gasteiger partial charge in [0.25, 0.3) is 0 Å². The average Bonchev–Trinajstić information content (AvgIpc) is 2.16. The van der Waals surface area contributed by atoms with Crippen molar-refractivity contribution in [1.29, 1.82) is 0 Å². The maximum absolute atomic E-state index is 10.3. The number of carbonyl (C=O) groups is 2. The van der Waals surface area contributed by atoms with Crippen LogP contribution in [0.2, 0.25) is 0 Å². The predicted molar refractivity (Wildman–Crippen MR) is 62.9 cm³/mol. The van der Waals surface area contributed by atoms with Crippen LogP contribution >= 0.6 is 0 Å². The predicted octanol–water partition coefficient (Wildman–Crippen LogP) is 0.548. The Morgan fingerprint density at radius 1 is 1.06 bits per heavy atom. The third kappa shape index (κ3) is 37.9. The van der Waals surface area contributed by atoms with Crippen LogP contribution in [0.15, 0.2) is 0 Å². The third-order valence-corrected chi connectivity index (χ3v) is 1.61. The first-order valence-electron chi connectivity index (χ1n) is 4.34. The lowest BCUT2D eigenvalue weighted by molar-refractivity contribution is -0.137. The van der Waals surface area contributed by atoms with Crippen LogP contribution in [0, 0.1) is 0 Å². The minimum atomic E-state index is -1.25. The Balaban J connectivity index is -0.000000166. The summed E-state index contributed by atoms with van der Waals surface area (Å²) in [6.45, 7) is 4.42. The maximum Gasteiger partial charge on any atom is 0.302 e. The number of ketones is 1. The van der Waals surface area contributed by atoms with Gasteiger partial charge in [-0.05, 0) is 13.8 Å². The quantitative estimate of drug-likeness (QED) is 0.674. The lowest BCUT2D eigenvalue weighted by atomic mass is 10.6. The van der Waals surface area contributed by atoms with Gasteiger partial charge in [-0.25, -0.2) is 8.51 Å². The van der Waals surface area contributed by atoms with Gasteiger partial charge in [-0.3, -0.25) is 8.98 Å². The lowest BCUT2D eigenvalue weighted by Crippen LogP contribution is -2.15. The van der Waals surface area contributed by atoms with Gasteiger partial charge in [0.15, 0.2) is 0 Å². The van der Waals surface area contributed by atoms with Crippen molar-refractivity contribution in [2.45, 2.75) is 20.8 Å². The van der Waals surface area contributed by atoms with Crippen molar-refractivity contribution in [2.24, 2.45) is 0 Å².